The second-order valence-corrected chi connectivity index (χ2v) is 6.91. The number of hydrogen-bond acceptors (Lipinski definition) is 7. The van der Waals surface area contributed by atoms with Crippen molar-refractivity contribution >= 4 is 48.9 Å². The molecule has 0 aliphatic heterocycles. The van der Waals surface area contributed by atoms with E-state index in [4.69, 9.17) is 0 Å². The van der Waals surface area contributed by atoms with Gasteiger partial charge in [-0.2, -0.15) is 25.3 Å². The predicted molar refractivity (Wildman–Crippen MR) is 104 cm³/mol. The quantitative estimate of drug-likeness (QED) is 0.166. The van der Waals surface area contributed by atoms with Crippen molar-refractivity contribution in [3.05, 3.63) is 0 Å². The van der Waals surface area contributed by atoms with Crippen LogP contribution < -0.4 is 21.3 Å². The van der Waals surface area contributed by atoms with E-state index in [0.717, 1.165) is 0 Å². The number of carbonyl (C=O) groups is 4. The number of aliphatic hydroxyl groups is 1. The van der Waals surface area contributed by atoms with Crippen LogP contribution in [0.5, 0.6) is 0 Å². The lowest BCUT2D eigenvalue weighted by molar-refractivity contribution is -0.134. The van der Waals surface area contributed by atoms with E-state index >= 15 is 0 Å². The highest BCUT2D eigenvalue weighted by molar-refractivity contribution is 7.80. The number of nitrogens with one attached hydrogen (secondary N) is 4. The molecule has 3 atom stereocenters. The van der Waals surface area contributed by atoms with E-state index in [2.05, 4.69) is 46.5 Å². The number of carbonyl (C=O) groups excluding carboxylic acids is 4. The molecular weight excluding hydrogens is 380 g/mol. The van der Waals surface area contributed by atoms with Crippen molar-refractivity contribution in [3.63, 3.8) is 0 Å². The molecule has 0 aromatic rings. The summed E-state index contributed by atoms with van der Waals surface area (Å²) < 4.78 is 0. The van der Waals surface area contributed by atoms with Gasteiger partial charge in [0, 0.05) is 13.8 Å². The van der Waals surface area contributed by atoms with E-state index in [1.165, 1.54) is 20.8 Å². The third kappa shape index (κ3) is 10.5. The molecule has 26 heavy (non-hydrogen) atoms. The molecule has 9 nitrogen and oxygen atoms in total. The molecule has 0 bridgehead atoms. The van der Waals surface area contributed by atoms with E-state index in [0.29, 0.717) is 17.9 Å². The molecule has 0 radical (unpaired) electrons. The normalized spacial score (nSPS) is 15.2. The van der Waals surface area contributed by atoms with Gasteiger partial charge in [-0.25, -0.2) is 0 Å². The van der Waals surface area contributed by atoms with Crippen LogP contribution in [0.15, 0.2) is 0 Å². The van der Waals surface area contributed by atoms with Crippen LogP contribution in [-0.2, 0) is 19.2 Å². The van der Waals surface area contributed by atoms with Gasteiger partial charge in [0.2, 0.25) is 23.6 Å². The summed E-state index contributed by atoms with van der Waals surface area (Å²) in [6, 6.07) is -1.63. The van der Waals surface area contributed by atoms with Gasteiger partial charge < -0.3 is 26.4 Å². The van der Waals surface area contributed by atoms with Gasteiger partial charge in [0.15, 0.2) is 5.72 Å². The predicted octanol–water partition coefficient (Wildman–Crippen LogP) is -1.42. The second-order valence-electron chi connectivity index (χ2n) is 6.01. The fourth-order valence-corrected chi connectivity index (χ4v) is 2.58. The molecule has 3 unspecified atom stereocenters. The molecule has 0 spiro atoms. The number of rotatable bonds is 11. The maximum Gasteiger partial charge on any atom is 0.244 e. The summed E-state index contributed by atoms with van der Waals surface area (Å²) in [5.41, 5.74) is -1.75. The Hall–Kier alpha value is -1.46. The molecule has 0 saturated heterocycles. The minimum atomic E-state index is -1.75. The van der Waals surface area contributed by atoms with E-state index in [9.17, 15) is 24.3 Å². The molecule has 150 valence electrons. The second kappa shape index (κ2) is 12.0. The minimum absolute atomic E-state index is 0.281. The van der Waals surface area contributed by atoms with Crippen molar-refractivity contribution in [2.24, 2.45) is 0 Å². The Morgan fingerprint density at radius 2 is 1.35 bits per heavy atom. The number of thiol groups is 2. The van der Waals surface area contributed by atoms with Crippen LogP contribution in [0.2, 0.25) is 0 Å². The highest BCUT2D eigenvalue weighted by Gasteiger charge is 2.29. The third-order valence-corrected chi connectivity index (χ3v) is 3.74. The first-order valence-corrected chi connectivity index (χ1v) is 9.37. The largest absolute Gasteiger partial charge is 0.369 e. The standard InChI is InChI=1S/C15H28N4O5S2/c1-9(20)17-11(4-6-25)13(22)16-8-15(3,24)19-14(23)12(5-7-26)18-10(2)21/h11-12,24-26H,4-8H2,1-3H3,(H,16,22)(H,17,20)(H,18,21)(H,19,23). The molecule has 0 heterocycles. The Labute approximate surface area is 164 Å². The first-order valence-electron chi connectivity index (χ1n) is 8.10. The van der Waals surface area contributed by atoms with Crippen LogP contribution in [0.1, 0.15) is 33.6 Å². The molecule has 4 amide bonds. The van der Waals surface area contributed by atoms with Gasteiger partial charge in [0.25, 0.3) is 0 Å². The van der Waals surface area contributed by atoms with Crippen LogP contribution >= 0.6 is 25.3 Å². The van der Waals surface area contributed by atoms with E-state index in [-0.39, 0.29) is 24.8 Å². The van der Waals surface area contributed by atoms with Gasteiger partial charge in [0.05, 0.1) is 6.54 Å². The molecule has 5 N–H and O–H groups in total. The van der Waals surface area contributed by atoms with Gasteiger partial charge in [-0.3, -0.25) is 19.2 Å². The van der Waals surface area contributed by atoms with Gasteiger partial charge in [0.1, 0.15) is 12.1 Å². The molecule has 0 aliphatic rings. The van der Waals surface area contributed by atoms with Gasteiger partial charge in [-0.15, -0.1) is 0 Å². The molecule has 0 saturated carbocycles. The molecular formula is C15H28N4O5S2. The lowest BCUT2D eigenvalue weighted by Gasteiger charge is -2.28. The van der Waals surface area contributed by atoms with Crippen LogP contribution in [0, 0.1) is 0 Å². The summed E-state index contributed by atoms with van der Waals surface area (Å²) in [6.07, 6.45) is 0.596. The van der Waals surface area contributed by atoms with Gasteiger partial charge >= 0.3 is 0 Å². The monoisotopic (exact) mass is 408 g/mol. The maximum absolute atomic E-state index is 12.2. The fourth-order valence-electron chi connectivity index (χ4n) is 2.07. The average molecular weight is 409 g/mol. The zero-order valence-corrected chi connectivity index (χ0v) is 17.0. The Morgan fingerprint density at radius 1 is 0.923 bits per heavy atom. The van der Waals surface area contributed by atoms with Crippen LogP contribution in [0.4, 0.5) is 0 Å². The summed E-state index contributed by atoms with van der Waals surface area (Å²) in [5.74, 6) is -1.10. The van der Waals surface area contributed by atoms with Crippen LogP contribution in [-0.4, -0.2) is 64.6 Å². The summed E-state index contributed by atoms with van der Waals surface area (Å²) in [4.78, 5) is 46.6. The first kappa shape index (κ1) is 24.5. The zero-order chi connectivity index (χ0) is 20.3. The summed E-state index contributed by atoms with van der Waals surface area (Å²) in [6.45, 7) is 3.59. The molecule has 0 aromatic heterocycles. The van der Waals surface area contributed by atoms with E-state index < -0.39 is 29.6 Å². The van der Waals surface area contributed by atoms with Crippen molar-refractivity contribution in [2.45, 2.75) is 51.4 Å². The number of hydrogen-bond donors (Lipinski definition) is 7. The average Bonchev–Trinajstić information content (AvgIpc) is 2.50. The smallest absolute Gasteiger partial charge is 0.244 e. The van der Waals surface area contributed by atoms with Gasteiger partial charge in [-0.1, -0.05) is 0 Å². The van der Waals surface area contributed by atoms with Crippen LogP contribution in [0.3, 0.4) is 0 Å². The Morgan fingerprint density at radius 3 is 1.73 bits per heavy atom. The van der Waals surface area contributed by atoms with Crippen molar-refractivity contribution < 1.29 is 24.3 Å². The van der Waals surface area contributed by atoms with Crippen molar-refractivity contribution in [3.8, 4) is 0 Å². The summed E-state index contributed by atoms with van der Waals surface area (Å²) in [7, 11) is 0. The van der Waals surface area contributed by atoms with E-state index in [1.54, 1.807) is 0 Å². The van der Waals surface area contributed by atoms with Crippen LogP contribution in [0.25, 0.3) is 0 Å². The highest BCUT2D eigenvalue weighted by atomic mass is 32.1. The Kier molecular flexibility index (Phi) is 11.3. The summed E-state index contributed by atoms with van der Waals surface area (Å²) >= 11 is 8.07. The van der Waals surface area contributed by atoms with Crippen molar-refractivity contribution in [1.29, 1.82) is 0 Å². The first-order chi connectivity index (χ1) is 12.0. The van der Waals surface area contributed by atoms with Crippen molar-refractivity contribution in [2.75, 3.05) is 18.1 Å². The Balaban J connectivity index is 4.75. The lowest BCUT2D eigenvalue weighted by atomic mass is 10.1. The fraction of sp³-hybridized carbons (Fsp3) is 0.733. The molecule has 0 fully saturated rings. The van der Waals surface area contributed by atoms with Crippen molar-refractivity contribution in [1.82, 2.24) is 21.3 Å². The number of amides is 4. The lowest BCUT2D eigenvalue weighted by Crippen LogP contribution is -2.59. The molecule has 0 rings (SSSR count). The SMILES string of the molecule is CC(=O)NC(CCS)C(=O)NCC(C)(O)NC(=O)C(CCS)NC(C)=O. The third-order valence-electron chi connectivity index (χ3n) is 3.22. The zero-order valence-electron chi connectivity index (χ0n) is 15.2. The highest BCUT2D eigenvalue weighted by Crippen LogP contribution is 2.02. The molecule has 11 heteroatoms. The molecule has 0 aliphatic carbocycles. The minimum Gasteiger partial charge on any atom is -0.369 e. The molecule has 0 aromatic carbocycles. The van der Waals surface area contributed by atoms with E-state index in [1.807, 2.05) is 0 Å². The van der Waals surface area contributed by atoms with Gasteiger partial charge in [-0.05, 0) is 31.3 Å². The summed E-state index contributed by atoms with van der Waals surface area (Å²) in [5, 5.41) is 20.1. The maximum atomic E-state index is 12.2. The topological polar surface area (TPSA) is 137 Å². The Bertz CT molecular complexity index is 516.